The summed E-state index contributed by atoms with van der Waals surface area (Å²) in [6.07, 6.45) is 5.41. The number of nitrogens with zero attached hydrogens (tertiary/aromatic N) is 2. The Morgan fingerprint density at radius 1 is 1.11 bits per heavy atom. The number of hydrogen-bond donors (Lipinski definition) is 1. The minimum Gasteiger partial charge on any atom is -0.370 e. The van der Waals surface area contributed by atoms with Crippen molar-refractivity contribution in [3.63, 3.8) is 0 Å². The third-order valence-corrected chi connectivity index (χ3v) is 6.17. The Hall–Kier alpha value is -2.24. The summed E-state index contributed by atoms with van der Waals surface area (Å²) in [6.45, 7) is 2.03. The van der Waals surface area contributed by atoms with Crippen LogP contribution in [0.1, 0.15) is 19.3 Å². The Labute approximate surface area is 174 Å². The zero-order chi connectivity index (χ0) is 19.3. The van der Waals surface area contributed by atoms with Gasteiger partial charge in [-0.15, -0.1) is 11.8 Å². The number of benzene rings is 2. The molecule has 1 saturated heterocycles. The molecule has 0 bridgehead atoms. The van der Waals surface area contributed by atoms with Gasteiger partial charge in [-0.05, 0) is 49.6 Å². The van der Waals surface area contributed by atoms with Gasteiger partial charge in [0.2, 0.25) is 5.91 Å². The summed E-state index contributed by atoms with van der Waals surface area (Å²) >= 11 is 7.70. The van der Waals surface area contributed by atoms with E-state index in [1.807, 2.05) is 48.5 Å². The fraction of sp³-hybridized carbons (Fsp3) is 0.273. The van der Waals surface area contributed by atoms with Crippen molar-refractivity contribution >= 4 is 51.5 Å². The fourth-order valence-electron chi connectivity index (χ4n) is 3.54. The van der Waals surface area contributed by atoms with Gasteiger partial charge in [0.05, 0.1) is 22.6 Å². The molecule has 4 nitrogen and oxygen atoms in total. The number of aromatic nitrogens is 1. The van der Waals surface area contributed by atoms with Crippen molar-refractivity contribution in [3.8, 4) is 0 Å². The number of thioether (sulfide) groups is 1. The molecule has 1 aromatic heterocycles. The molecule has 0 unspecified atom stereocenters. The monoisotopic (exact) mass is 411 g/mol. The van der Waals surface area contributed by atoms with E-state index < -0.39 is 0 Å². The summed E-state index contributed by atoms with van der Waals surface area (Å²) in [5, 5.41) is 4.77. The van der Waals surface area contributed by atoms with Gasteiger partial charge in [0, 0.05) is 34.6 Å². The van der Waals surface area contributed by atoms with E-state index in [1.165, 1.54) is 31.0 Å². The van der Waals surface area contributed by atoms with Gasteiger partial charge in [0.25, 0.3) is 0 Å². The van der Waals surface area contributed by atoms with E-state index in [9.17, 15) is 4.79 Å². The normalized spacial score (nSPS) is 14.2. The Morgan fingerprint density at radius 2 is 1.93 bits per heavy atom. The minimum atomic E-state index is -0.0431. The van der Waals surface area contributed by atoms with Crippen molar-refractivity contribution in [1.82, 2.24) is 4.98 Å². The van der Waals surface area contributed by atoms with Crippen LogP contribution in [0.4, 0.5) is 11.4 Å². The second-order valence-electron chi connectivity index (χ2n) is 6.88. The molecule has 2 heterocycles. The highest BCUT2D eigenvalue weighted by Crippen LogP contribution is 2.32. The zero-order valence-electron chi connectivity index (χ0n) is 15.5. The molecule has 1 aliphatic heterocycles. The Bertz CT molecular complexity index is 983. The maximum Gasteiger partial charge on any atom is 0.234 e. The largest absolute Gasteiger partial charge is 0.370 e. The van der Waals surface area contributed by atoms with Crippen LogP contribution in [0, 0.1) is 0 Å². The number of nitrogens with one attached hydrogen (secondary N) is 1. The summed E-state index contributed by atoms with van der Waals surface area (Å²) in [7, 11) is 0. The number of carbonyl (C=O) groups is 1. The topological polar surface area (TPSA) is 45.2 Å². The molecule has 1 N–H and O–H groups in total. The molecule has 144 valence electrons. The van der Waals surface area contributed by atoms with Gasteiger partial charge in [-0.25, -0.2) is 0 Å². The molecule has 3 aromatic rings. The molecular weight excluding hydrogens is 390 g/mol. The first kappa shape index (κ1) is 19.1. The van der Waals surface area contributed by atoms with Crippen LogP contribution in [-0.2, 0) is 4.79 Å². The van der Waals surface area contributed by atoms with Crippen molar-refractivity contribution in [1.29, 1.82) is 0 Å². The van der Waals surface area contributed by atoms with Crippen molar-refractivity contribution in [2.75, 3.05) is 29.1 Å². The second kappa shape index (κ2) is 8.84. The molecular formula is C22H22ClN3OS. The van der Waals surface area contributed by atoms with Gasteiger partial charge in [0.15, 0.2) is 0 Å². The van der Waals surface area contributed by atoms with E-state index in [1.54, 1.807) is 6.20 Å². The minimum absolute atomic E-state index is 0.0431. The smallest absolute Gasteiger partial charge is 0.234 e. The zero-order valence-corrected chi connectivity index (χ0v) is 17.1. The number of rotatable bonds is 5. The molecule has 1 amide bonds. The third kappa shape index (κ3) is 4.42. The van der Waals surface area contributed by atoms with E-state index in [0.717, 1.165) is 40.3 Å². The summed E-state index contributed by atoms with van der Waals surface area (Å²) in [6, 6.07) is 15.7. The van der Waals surface area contributed by atoms with E-state index in [2.05, 4.69) is 15.2 Å². The molecule has 6 heteroatoms. The van der Waals surface area contributed by atoms with E-state index in [4.69, 9.17) is 11.6 Å². The molecule has 1 aliphatic rings. The third-order valence-electron chi connectivity index (χ3n) is 4.88. The predicted molar refractivity (Wildman–Crippen MR) is 119 cm³/mol. The number of pyridine rings is 1. The number of halogens is 1. The van der Waals surface area contributed by atoms with E-state index in [-0.39, 0.29) is 5.91 Å². The highest BCUT2D eigenvalue weighted by atomic mass is 35.5. The molecule has 4 rings (SSSR count). The summed E-state index contributed by atoms with van der Waals surface area (Å²) < 4.78 is 0. The quantitative estimate of drug-likeness (QED) is 0.554. The number of fused-ring (bicyclic) bond motifs is 1. The number of hydrogen-bond acceptors (Lipinski definition) is 4. The first-order valence-electron chi connectivity index (χ1n) is 9.51. The van der Waals surface area contributed by atoms with Crippen molar-refractivity contribution in [2.24, 2.45) is 0 Å². The molecule has 0 atom stereocenters. The maximum atomic E-state index is 12.7. The number of amides is 1. The van der Waals surface area contributed by atoms with E-state index >= 15 is 0 Å². The molecule has 0 radical (unpaired) electrons. The number of anilines is 2. The van der Waals surface area contributed by atoms with Crippen LogP contribution in [-0.4, -0.2) is 29.7 Å². The van der Waals surface area contributed by atoms with Crippen molar-refractivity contribution in [3.05, 3.63) is 59.8 Å². The van der Waals surface area contributed by atoms with Crippen LogP contribution in [0.3, 0.4) is 0 Å². The lowest BCUT2D eigenvalue weighted by molar-refractivity contribution is -0.113. The van der Waals surface area contributed by atoms with Gasteiger partial charge >= 0.3 is 0 Å². The second-order valence-corrected chi connectivity index (χ2v) is 8.33. The van der Waals surface area contributed by atoms with Gasteiger partial charge in [-0.2, -0.15) is 0 Å². The van der Waals surface area contributed by atoms with Crippen molar-refractivity contribution in [2.45, 2.75) is 24.2 Å². The standard InChI is InChI=1S/C22H22ClN3OS/c23-17-9-10-19(26-12-2-1-3-13-26)18(14-17)25-21(27)15-28-20-8-4-6-16-7-5-11-24-22(16)20/h4-11,14H,1-3,12-13,15H2,(H,25,27). The summed E-state index contributed by atoms with van der Waals surface area (Å²) in [5.74, 6) is 0.278. The lowest BCUT2D eigenvalue weighted by Crippen LogP contribution is -2.30. The van der Waals surface area contributed by atoms with Crippen molar-refractivity contribution < 1.29 is 4.79 Å². The first-order chi connectivity index (χ1) is 13.7. The highest BCUT2D eigenvalue weighted by molar-refractivity contribution is 8.00. The number of para-hydroxylation sites is 1. The van der Waals surface area contributed by atoms with Crippen LogP contribution in [0.25, 0.3) is 10.9 Å². The number of piperidine rings is 1. The highest BCUT2D eigenvalue weighted by Gasteiger charge is 2.16. The molecule has 0 spiro atoms. The predicted octanol–water partition coefficient (Wildman–Crippen LogP) is 5.61. The van der Waals surface area contributed by atoms with E-state index in [0.29, 0.717) is 10.8 Å². The van der Waals surface area contributed by atoms with Crippen LogP contribution < -0.4 is 10.2 Å². The maximum absolute atomic E-state index is 12.7. The SMILES string of the molecule is O=C(CSc1cccc2cccnc12)Nc1cc(Cl)ccc1N1CCCCC1. The van der Waals surface area contributed by atoms with Crippen LogP contribution in [0.5, 0.6) is 0 Å². The van der Waals surface area contributed by atoms with Gasteiger partial charge in [0.1, 0.15) is 0 Å². The molecule has 28 heavy (non-hydrogen) atoms. The lowest BCUT2D eigenvalue weighted by Gasteiger charge is -2.30. The summed E-state index contributed by atoms with van der Waals surface area (Å²) in [4.78, 5) is 20.4. The molecule has 0 aliphatic carbocycles. The van der Waals surface area contributed by atoms with Gasteiger partial charge in [-0.3, -0.25) is 9.78 Å². The fourth-order valence-corrected chi connectivity index (χ4v) is 4.55. The van der Waals surface area contributed by atoms with Crippen LogP contribution in [0.15, 0.2) is 59.6 Å². The molecule has 1 fully saturated rings. The number of carbonyl (C=O) groups excluding carboxylic acids is 1. The lowest BCUT2D eigenvalue weighted by atomic mass is 10.1. The molecule has 2 aromatic carbocycles. The Balaban J connectivity index is 1.47. The van der Waals surface area contributed by atoms with Crippen LogP contribution >= 0.6 is 23.4 Å². The Morgan fingerprint density at radius 3 is 2.79 bits per heavy atom. The molecule has 0 saturated carbocycles. The van der Waals surface area contributed by atoms with Crippen LogP contribution in [0.2, 0.25) is 5.02 Å². The Kier molecular flexibility index (Phi) is 6.03. The average Bonchev–Trinajstić information content (AvgIpc) is 2.73. The van der Waals surface area contributed by atoms with Gasteiger partial charge < -0.3 is 10.2 Å². The first-order valence-corrected chi connectivity index (χ1v) is 10.9. The average molecular weight is 412 g/mol. The summed E-state index contributed by atoms with van der Waals surface area (Å²) in [5.41, 5.74) is 2.77. The van der Waals surface area contributed by atoms with Gasteiger partial charge in [-0.1, -0.05) is 29.8 Å².